The molecule has 0 heterocycles. The number of benzene rings is 1. The Morgan fingerprint density at radius 1 is 1.06 bits per heavy atom. The van der Waals surface area contributed by atoms with Gasteiger partial charge in [-0.05, 0) is 32.3 Å². The summed E-state index contributed by atoms with van der Waals surface area (Å²) >= 11 is 0. The monoisotopic (exact) mass is 230 g/mol. The van der Waals surface area contributed by atoms with Crippen LogP contribution in [0.25, 0.3) is 0 Å². The van der Waals surface area contributed by atoms with E-state index in [-0.39, 0.29) is 5.41 Å². The van der Waals surface area contributed by atoms with Gasteiger partial charge in [0, 0.05) is 5.41 Å². The van der Waals surface area contributed by atoms with Crippen LogP contribution in [0.2, 0.25) is 0 Å². The maximum atomic E-state index is 2.29. The number of hydrogen-bond donors (Lipinski definition) is 0. The van der Waals surface area contributed by atoms with E-state index in [0.717, 1.165) is 0 Å². The highest BCUT2D eigenvalue weighted by Gasteiger charge is 2.31. The lowest BCUT2D eigenvalue weighted by Crippen LogP contribution is -2.27. The van der Waals surface area contributed by atoms with Crippen molar-refractivity contribution in [3.05, 3.63) is 47.5 Å². The summed E-state index contributed by atoms with van der Waals surface area (Å²) in [7, 11) is 0. The predicted molar refractivity (Wildman–Crippen MR) is 77.4 cm³/mol. The van der Waals surface area contributed by atoms with Crippen molar-refractivity contribution in [2.45, 2.75) is 58.8 Å². The van der Waals surface area contributed by atoms with Crippen LogP contribution in [0.4, 0.5) is 0 Å². The molecule has 1 aromatic rings. The third-order valence-corrected chi connectivity index (χ3v) is 3.87. The molecule has 0 N–H and O–H groups in total. The van der Waals surface area contributed by atoms with Crippen LogP contribution >= 0.6 is 0 Å². The van der Waals surface area contributed by atoms with Gasteiger partial charge in [-0.2, -0.15) is 0 Å². The minimum atomic E-state index is 0.263. The van der Waals surface area contributed by atoms with Crippen molar-refractivity contribution in [3.63, 3.8) is 0 Å². The lowest BCUT2D eigenvalue weighted by molar-refractivity contribution is 0.416. The minimum Gasteiger partial charge on any atom is -0.0878 e. The fraction of sp³-hybridized carbons (Fsp3) is 0.529. The second kappa shape index (κ2) is 6.64. The quantitative estimate of drug-likeness (QED) is 0.567. The van der Waals surface area contributed by atoms with Crippen molar-refractivity contribution in [1.82, 2.24) is 0 Å². The molecule has 0 heteroatoms. The summed E-state index contributed by atoms with van der Waals surface area (Å²) in [5, 5.41) is 0. The van der Waals surface area contributed by atoms with Crippen LogP contribution in [0.1, 0.15) is 58.9 Å². The van der Waals surface area contributed by atoms with Crippen LogP contribution in [0.3, 0.4) is 0 Å². The molecule has 0 saturated heterocycles. The van der Waals surface area contributed by atoms with E-state index in [1.807, 2.05) is 0 Å². The predicted octanol–water partition coefficient (Wildman–Crippen LogP) is 5.49. The van der Waals surface area contributed by atoms with E-state index in [1.54, 1.807) is 0 Å². The van der Waals surface area contributed by atoms with Crippen molar-refractivity contribution < 1.29 is 0 Å². The molecule has 0 bridgehead atoms. The van der Waals surface area contributed by atoms with Crippen molar-refractivity contribution in [2.75, 3.05) is 0 Å². The van der Waals surface area contributed by atoms with Gasteiger partial charge in [0.2, 0.25) is 0 Å². The molecule has 0 aliphatic heterocycles. The molecule has 0 fully saturated rings. The van der Waals surface area contributed by atoms with Crippen LogP contribution in [-0.2, 0) is 5.41 Å². The average molecular weight is 230 g/mol. The minimum absolute atomic E-state index is 0.263. The molecule has 0 aromatic heterocycles. The van der Waals surface area contributed by atoms with E-state index in [4.69, 9.17) is 0 Å². The topological polar surface area (TPSA) is 0 Å². The number of allylic oxidation sites excluding steroid dienone is 2. The Kier molecular flexibility index (Phi) is 5.47. The standard InChI is InChI=1S/C17H26/c1-5-13-17(14-6-2,15(4)7-3)16-11-9-8-10-12-16/h7-12H,5-6,13-14H2,1-4H3/b15-7-. The molecule has 0 aliphatic rings. The van der Waals surface area contributed by atoms with Gasteiger partial charge >= 0.3 is 0 Å². The highest BCUT2D eigenvalue weighted by Crippen LogP contribution is 2.40. The third kappa shape index (κ3) is 3.00. The molecular formula is C17H26. The van der Waals surface area contributed by atoms with Crippen LogP contribution in [-0.4, -0.2) is 0 Å². The van der Waals surface area contributed by atoms with Crippen molar-refractivity contribution >= 4 is 0 Å². The molecule has 0 amide bonds. The van der Waals surface area contributed by atoms with Crippen LogP contribution in [0.15, 0.2) is 42.0 Å². The molecule has 0 saturated carbocycles. The summed E-state index contributed by atoms with van der Waals surface area (Å²) in [6.45, 7) is 9.03. The second-order valence-electron chi connectivity index (χ2n) is 4.92. The molecule has 0 radical (unpaired) electrons. The lowest BCUT2D eigenvalue weighted by Gasteiger charge is -2.35. The Balaban J connectivity index is 3.24. The van der Waals surface area contributed by atoms with Crippen LogP contribution in [0, 0.1) is 0 Å². The van der Waals surface area contributed by atoms with E-state index >= 15 is 0 Å². The fourth-order valence-corrected chi connectivity index (χ4v) is 2.92. The smallest absolute Gasteiger partial charge is 0.0158 e. The van der Waals surface area contributed by atoms with E-state index in [2.05, 4.69) is 64.1 Å². The molecule has 1 rings (SSSR count). The second-order valence-corrected chi connectivity index (χ2v) is 4.92. The summed E-state index contributed by atoms with van der Waals surface area (Å²) in [5.74, 6) is 0. The van der Waals surface area contributed by atoms with Crippen molar-refractivity contribution in [1.29, 1.82) is 0 Å². The molecule has 17 heavy (non-hydrogen) atoms. The van der Waals surface area contributed by atoms with Gasteiger partial charge in [-0.1, -0.05) is 68.7 Å². The van der Waals surface area contributed by atoms with Gasteiger partial charge in [0.25, 0.3) is 0 Å². The lowest BCUT2D eigenvalue weighted by atomic mass is 9.68. The highest BCUT2D eigenvalue weighted by molar-refractivity contribution is 5.35. The zero-order valence-electron chi connectivity index (χ0n) is 11.8. The molecule has 1 aromatic carbocycles. The first-order valence-corrected chi connectivity index (χ1v) is 6.90. The van der Waals surface area contributed by atoms with Gasteiger partial charge in [-0.3, -0.25) is 0 Å². The molecule has 0 unspecified atom stereocenters. The van der Waals surface area contributed by atoms with Gasteiger partial charge in [0.15, 0.2) is 0 Å². The zero-order valence-corrected chi connectivity index (χ0v) is 11.8. The highest BCUT2D eigenvalue weighted by atomic mass is 14.3. The molecular weight excluding hydrogens is 204 g/mol. The average Bonchev–Trinajstić information content (AvgIpc) is 2.38. The Bertz CT molecular complexity index is 340. The largest absolute Gasteiger partial charge is 0.0878 e. The first-order valence-electron chi connectivity index (χ1n) is 6.90. The first kappa shape index (κ1) is 14.0. The van der Waals surface area contributed by atoms with Crippen molar-refractivity contribution in [3.8, 4) is 0 Å². The van der Waals surface area contributed by atoms with Gasteiger partial charge in [0.1, 0.15) is 0 Å². The van der Waals surface area contributed by atoms with Gasteiger partial charge in [-0.25, -0.2) is 0 Å². The van der Waals surface area contributed by atoms with Crippen LogP contribution in [0.5, 0.6) is 0 Å². The maximum absolute atomic E-state index is 2.29. The van der Waals surface area contributed by atoms with Gasteiger partial charge in [0.05, 0.1) is 0 Å². The molecule has 0 aliphatic carbocycles. The molecule has 94 valence electrons. The summed E-state index contributed by atoms with van der Waals surface area (Å²) in [5.41, 5.74) is 3.27. The molecule has 0 spiro atoms. The number of rotatable bonds is 6. The summed E-state index contributed by atoms with van der Waals surface area (Å²) < 4.78 is 0. The molecule has 0 nitrogen and oxygen atoms in total. The summed E-state index contributed by atoms with van der Waals surface area (Å²) in [6, 6.07) is 11.0. The van der Waals surface area contributed by atoms with Crippen molar-refractivity contribution in [2.24, 2.45) is 0 Å². The Morgan fingerprint density at radius 3 is 2.00 bits per heavy atom. The fourth-order valence-electron chi connectivity index (χ4n) is 2.92. The Labute approximate surface area is 107 Å². The zero-order chi connectivity index (χ0) is 12.7. The van der Waals surface area contributed by atoms with Crippen LogP contribution < -0.4 is 0 Å². The van der Waals surface area contributed by atoms with Gasteiger partial charge < -0.3 is 0 Å². The third-order valence-electron chi connectivity index (χ3n) is 3.87. The van der Waals surface area contributed by atoms with E-state index < -0.39 is 0 Å². The van der Waals surface area contributed by atoms with Gasteiger partial charge in [-0.15, -0.1) is 0 Å². The Hall–Kier alpha value is -1.04. The molecule has 0 atom stereocenters. The van der Waals surface area contributed by atoms with E-state index in [0.29, 0.717) is 0 Å². The first-order chi connectivity index (χ1) is 8.21. The SMILES string of the molecule is C/C=C(/C)C(CCC)(CCC)c1ccccc1. The summed E-state index contributed by atoms with van der Waals surface area (Å²) in [6.07, 6.45) is 7.26. The number of hydrogen-bond acceptors (Lipinski definition) is 0. The Morgan fingerprint density at radius 2 is 1.59 bits per heavy atom. The maximum Gasteiger partial charge on any atom is 0.0158 e. The van der Waals surface area contributed by atoms with E-state index in [1.165, 1.54) is 36.8 Å². The van der Waals surface area contributed by atoms with E-state index in [9.17, 15) is 0 Å². The summed E-state index contributed by atoms with van der Waals surface area (Å²) in [4.78, 5) is 0. The normalized spacial score (nSPS) is 12.8.